The average molecular weight is 278 g/mol. The van der Waals surface area contributed by atoms with Crippen molar-refractivity contribution in [2.45, 2.75) is 39.7 Å². The summed E-state index contributed by atoms with van der Waals surface area (Å²) < 4.78 is 1.43. The van der Waals surface area contributed by atoms with E-state index in [4.69, 9.17) is 0 Å². The van der Waals surface area contributed by atoms with Crippen LogP contribution in [0.3, 0.4) is 0 Å². The average Bonchev–Trinajstić information content (AvgIpc) is 2.95. The van der Waals surface area contributed by atoms with Gasteiger partial charge in [0.2, 0.25) is 10.1 Å². The highest BCUT2D eigenvalue weighted by molar-refractivity contribution is 7.20. The second-order valence-corrected chi connectivity index (χ2v) is 6.15. The highest BCUT2D eigenvalue weighted by Gasteiger charge is 2.29. The molecular formula is C13H18N4OS. The maximum atomic E-state index is 12.0. The monoisotopic (exact) mass is 278 g/mol. The van der Waals surface area contributed by atoms with Crippen molar-refractivity contribution in [2.75, 3.05) is 11.4 Å². The number of aromatic nitrogens is 3. The highest BCUT2D eigenvalue weighted by Crippen LogP contribution is 2.31. The van der Waals surface area contributed by atoms with Crippen molar-refractivity contribution in [2.24, 2.45) is 5.92 Å². The van der Waals surface area contributed by atoms with Crippen LogP contribution in [0.4, 0.5) is 5.13 Å². The second kappa shape index (κ2) is 4.59. The lowest BCUT2D eigenvalue weighted by atomic mass is 10.1. The van der Waals surface area contributed by atoms with E-state index < -0.39 is 0 Å². The van der Waals surface area contributed by atoms with Gasteiger partial charge >= 0.3 is 0 Å². The van der Waals surface area contributed by atoms with Crippen LogP contribution in [0.15, 0.2) is 10.9 Å². The molecular weight excluding hydrogens is 260 g/mol. The van der Waals surface area contributed by atoms with Crippen LogP contribution in [-0.4, -0.2) is 27.2 Å². The molecule has 6 heteroatoms. The third kappa shape index (κ3) is 2.04. The fourth-order valence-corrected chi connectivity index (χ4v) is 3.55. The van der Waals surface area contributed by atoms with Crippen molar-refractivity contribution in [1.82, 2.24) is 14.6 Å². The van der Waals surface area contributed by atoms with Crippen molar-refractivity contribution in [3.63, 3.8) is 0 Å². The van der Waals surface area contributed by atoms with Gasteiger partial charge in [-0.25, -0.2) is 4.98 Å². The summed E-state index contributed by atoms with van der Waals surface area (Å²) in [6.45, 7) is 7.50. The van der Waals surface area contributed by atoms with Crippen molar-refractivity contribution in [1.29, 1.82) is 0 Å². The molecule has 0 bridgehead atoms. The molecule has 19 heavy (non-hydrogen) atoms. The lowest BCUT2D eigenvalue weighted by Gasteiger charge is -2.21. The normalized spacial score (nSPS) is 23.4. The first-order chi connectivity index (χ1) is 9.10. The Morgan fingerprint density at radius 3 is 2.89 bits per heavy atom. The lowest BCUT2D eigenvalue weighted by Crippen LogP contribution is -2.29. The van der Waals surface area contributed by atoms with Crippen molar-refractivity contribution in [3.05, 3.63) is 22.1 Å². The Morgan fingerprint density at radius 1 is 1.47 bits per heavy atom. The van der Waals surface area contributed by atoms with Gasteiger partial charge in [0, 0.05) is 24.3 Å². The van der Waals surface area contributed by atoms with E-state index in [0.717, 1.165) is 23.8 Å². The van der Waals surface area contributed by atoms with Crippen LogP contribution in [0.2, 0.25) is 0 Å². The van der Waals surface area contributed by atoms with Crippen LogP contribution in [0.5, 0.6) is 0 Å². The first-order valence-corrected chi connectivity index (χ1v) is 7.58. The lowest BCUT2D eigenvalue weighted by molar-refractivity contribution is 0.545. The molecule has 2 unspecified atom stereocenters. The standard InChI is InChI=1S/C13H18N4OS/c1-4-10-7-11(18)17-12(14-10)19-13(15-17)16-6-5-8(2)9(16)3/h7-9H,4-6H2,1-3H3. The van der Waals surface area contributed by atoms with Crippen LogP contribution < -0.4 is 10.5 Å². The molecule has 0 aromatic carbocycles. The Hall–Kier alpha value is -1.43. The molecule has 0 saturated carbocycles. The van der Waals surface area contributed by atoms with Crippen molar-refractivity contribution in [3.8, 4) is 0 Å². The molecule has 0 radical (unpaired) electrons. The van der Waals surface area contributed by atoms with E-state index in [0.29, 0.717) is 16.9 Å². The van der Waals surface area contributed by atoms with Crippen LogP contribution in [0, 0.1) is 5.92 Å². The highest BCUT2D eigenvalue weighted by atomic mass is 32.1. The Morgan fingerprint density at radius 2 is 2.26 bits per heavy atom. The molecule has 0 spiro atoms. The van der Waals surface area contributed by atoms with Gasteiger partial charge in [0.15, 0.2) is 0 Å². The number of fused-ring (bicyclic) bond motifs is 1. The van der Waals surface area contributed by atoms with Crippen molar-refractivity contribution >= 4 is 21.4 Å². The third-order valence-electron chi connectivity index (χ3n) is 4.04. The summed E-state index contributed by atoms with van der Waals surface area (Å²) in [5, 5.41) is 5.35. The molecule has 102 valence electrons. The summed E-state index contributed by atoms with van der Waals surface area (Å²) in [5.41, 5.74) is 0.757. The predicted molar refractivity (Wildman–Crippen MR) is 77.1 cm³/mol. The molecule has 0 amide bonds. The number of anilines is 1. The van der Waals surface area contributed by atoms with E-state index in [2.05, 4.69) is 28.8 Å². The van der Waals surface area contributed by atoms with E-state index in [1.54, 1.807) is 6.07 Å². The number of hydrogen-bond donors (Lipinski definition) is 0. The molecule has 1 saturated heterocycles. The van der Waals surface area contributed by atoms with E-state index >= 15 is 0 Å². The van der Waals surface area contributed by atoms with Gasteiger partial charge in [0.1, 0.15) is 0 Å². The Balaban J connectivity index is 2.07. The van der Waals surface area contributed by atoms with Gasteiger partial charge in [-0.05, 0) is 25.7 Å². The molecule has 3 rings (SSSR count). The van der Waals surface area contributed by atoms with E-state index in [1.807, 2.05) is 6.92 Å². The minimum Gasteiger partial charge on any atom is -0.344 e. The fraction of sp³-hybridized carbons (Fsp3) is 0.615. The van der Waals surface area contributed by atoms with Gasteiger partial charge < -0.3 is 4.90 Å². The fourth-order valence-electron chi connectivity index (χ4n) is 2.51. The maximum Gasteiger partial charge on any atom is 0.275 e. The van der Waals surface area contributed by atoms with Crippen LogP contribution in [0.1, 0.15) is 32.9 Å². The number of aryl methyl sites for hydroxylation is 1. The quantitative estimate of drug-likeness (QED) is 0.842. The van der Waals surface area contributed by atoms with Gasteiger partial charge in [0.05, 0.1) is 0 Å². The predicted octanol–water partition coefficient (Wildman–Crippen LogP) is 1.95. The maximum absolute atomic E-state index is 12.0. The topological polar surface area (TPSA) is 50.5 Å². The third-order valence-corrected chi connectivity index (χ3v) is 4.98. The van der Waals surface area contributed by atoms with Crippen molar-refractivity contribution < 1.29 is 0 Å². The van der Waals surface area contributed by atoms with Gasteiger partial charge in [-0.2, -0.15) is 4.52 Å². The van der Waals surface area contributed by atoms with Crippen LogP contribution in [-0.2, 0) is 6.42 Å². The summed E-state index contributed by atoms with van der Waals surface area (Å²) in [7, 11) is 0. The summed E-state index contributed by atoms with van der Waals surface area (Å²) in [4.78, 5) is 19.5. The van der Waals surface area contributed by atoms with Gasteiger partial charge in [-0.1, -0.05) is 25.2 Å². The largest absolute Gasteiger partial charge is 0.344 e. The Kier molecular flexibility index (Phi) is 3.05. The zero-order chi connectivity index (χ0) is 13.6. The summed E-state index contributed by atoms with van der Waals surface area (Å²) in [6, 6.07) is 2.05. The molecule has 3 heterocycles. The minimum absolute atomic E-state index is 0.0794. The van der Waals surface area contributed by atoms with Crippen LogP contribution in [0.25, 0.3) is 4.96 Å². The first-order valence-electron chi connectivity index (χ1n) is 6.76. The summed E-state index contributed by atoms with van der Waals surface area (Å²) in [6.07, 6.45) is 1.95. The Labute approximate surface area is 115 Å². The van der Waals surface area contributed by atoms with Gasteiger partial charge in [-0.15, -0.1) is 5.10 Å². The molecule has 1 fully saturated rings. The number of rotatable bonds is 2. The first kappa shape index (κ1) is 12.6. The molecule has 2 aromatic heterocycles. The second-order valence-electron chi connectivity index (χ2n) is 5.22. The molecule has 0 aliphatic carbocycles. The Bertz CT molecular complexity index is 662. The zero-order valence-corrected chi connectivity index (χ0v) is 12.3. The smallest absolute Gasteiger partial charge is 0.275 e. The summed E-state index contributed by atoms with van der Waals surface area (Å²) in [5.74, 6) is 0.669. The number of nitrogens with zero attached hydrogens (tertiary/aromatic N) is 4. The SMILES string of the molecule is CCc1cc(=O)n2nc(N3CCC(C)C3C)sc2n1. The van der Waals surface area contributed by atoms with Crippen LogP contribution >= 0.6 is 11.3 Å². The van der Waals surface area contributed by atoms with E-state index in [-0.39, 0.29) is 5.56 Å². The zero-order valence-electron chi connectivity index (χ0n) is 11.5. The van der Waals surface area contributed by atoms with Gasteiger partial charge in [0.25, 0.3) is 5.56 Å². The molecule has 5 nitrogen and oxygen atoms in total. The number of hydrogen-bond acceptors (Lipinski definition) is 5. The summed E-state index contributed by atoms with van der Waals surface area (Å²) >= 11 is 1.51. The molecule has 2 aromatic rings. The van der Waals surface area contributed by atoms with E-state index in [1.165, 1.54) is 22.3 Å². The van der Waals surface area contributed by atoms with E-state index in [9.17, 15) is 4.79 Å². The minimum atomic E-state index is -0.0794. The molecule has 0 N–H and O–H groups in total. The molecule has 1 aliphatic rings. The molecule has 2 atom stereocenters. The molecule has 1 aliphatic heterocycles. The van der Waals surface area contributed by atoms with Gasteiger partial charge in [-0.3, -0.25) is 4.79 Å².